The van der Waals surface area contributed by atoms with E-state index in [9.17, 15) is 13.9 Å². The van der Waals surface area contributed by atoms with Gasteiger partial charge in [-0.1, -0.05) is 18.2 Å². The smallest absolute Gasteiger partial charge is 0.127 e. The minimum absolute atomic E-state index is 0.0228. The van der Waals surface area contributed by atoms with Crippen LogP contribution in [0.1, 0.15) is 24.1 Å². The average Bonchev–Trinajstić information content (AvgIpc) is 2.40. The molecule has 0 unspecified atom stereocenters. The van der Waals surface area contributed by atoms with Crippen LogP contribution in [0.2, 0.25) is 0 Å². The number of halogens is 2. The van der Waals surface area contributed by atoms with E-state index in [-0.39, 0.29) is 24.2 Å². The van der Waals surface area contributed by atoms with Gasteiger partial charge in [-0.2, -0.15) is 0 Å². The molecule has 0 radical (unpaired) electrons. The quantitative estimate of drug-likeness (QED) is 0.884. The first kappa shape index (κ1) is 13.5. The Bertz CT molecular complexity index is 572. The van der Waals surface area contributed by atoms with Crippen molar-refractivity contribution < 1.29 is 13.9 Å². The lowest BCUT2D eigenvalue weighted by molar-refractivity contribution is 0.455. The lowest BCUT2D eigenvalue weighted by Gasteiger charge is -2.15. The predicted octanol–water partition coefficient (Wildman–Crippen LogP) is 3.52. The van der Waals surface area contributed by atoms with Crippen LogP contribution in [0.25, 0.3) is 0 Å². The normalized spacial score (nSPS) is 12.4. The van der Waals surface area contributed by atoms with E-state index in [4.69, 9.17) is 0 Å². The molecule has 0 aliphatic heterocycles. The van der Waals surface area contributed by atoms with Crippen molar-refractivity contribution in [1.82, 2.24) is 5.32 Å². The lowest BCUT2D eigenvalue weighted by Crippen LogP contribution is -2.19. The molecule has 0 aliphatic carbocycles. The van der Waals surface area contributed by atoms with Crippen LogP contribution in [0.15, 0.2) is 42.5 Å². The van der Waals surface area contributed by atoms with Crippen LogP contribution in [0.4, 0.5) is 8.78 Å². The van der Waals surface area contributed by atoms with Gasteiger partial charge in [-0.25, -0.2) is 8.78 Å². The third kappa shape index (κ3) is 3.29. The SMILES string of the molecule is C[C@@H](NCc1cc(F)ccc1O)c1ccccc1F. The minimum Gasteiger partial charge on any atom is -0.508 e. The summed E-state index contributed by atoms with van der Waals surface area (Å²) in [7, 11) is 0. The maximum absolute atomic E-state index is 13.6. The Morgan fingerprint density at radius 2 is 1.89 bits per heavy atom. The number of nitrogens with one attached hydrogen (secondary N) is 1. The van der Waals surface area contributed by atoms with E-state index < -0.39 is 5.82 Å². The molecule has 0 spiro atoms. The predicted molar refractivity (Wildman–Crippen MR) is 69.7 cm³/mol. The molecule has 0 saturated heterocycles. The zero-order valence-corrected chi connectivity index (χ0v) is 10.5. The van der Waals surface area contributed by atoms with Crippen LogP contribution in [0.3, 0.4) is 0 Å². The van der Waals surface area contributed by atoms with Gasteiger partial charge >= 0.3 is 0 Å². The fourth-order valence-corrected chi connectivity index (χ4v) is 1.89. The molecule has 2 aromatic rings. The van der Waals surface area contributed by atoms with E-state index in [2.05, 4.69) is 5.32 Å². The highest BCUT2D eigenvalue weighted by Crippen LogP contribution is 2.20. The number of aromatic hydroxyl groups is 1. The van der Waals surface area contributed by atoms with Crippen molar-refractivity contribution in [2.45, 2.75) is 19.5 Å². The fourth-order valence-electron chi connectivity index (χ4n) is 1.89. The van der Waals surface area contributed by atoms with E-state index in [1.165, 1.54) is 24.3 Å². The summed E-state index contributed by atoms with van der Waals surface area (Å²) in [6, 6.07) is 10.0. The summed E-state index contributed by atoms with van der Waals surface area (Å²) in [4.78, 5) is 0. The van der Waals surface area contributed by atoms with E-state index >= 15 is 0 Å². The largest absolute Gasteiger partial charge is 0.508 e. The maximum atomic E-state index is 13.6. The average molecular weight is 263 g/mol. The van der Waals surface area contributed by atoms with Gasteiger partial charge in [0.15, 0.2) is 0 Å². The highest BCUT2D eigenvalue weighted by atomic mass is 19.1. The van der Waals surface area contributed by atoms with Gasteiger partial charge in [-0.3, -0.25) is 0 Å². The van der Waals surface area contributed by atoms with E-state index in [0.29, 0.717) is 11.1 Å². The summed E-state index contributed by atoms with van der Waals surface area (Å²) in [6.45, 7) is 2.08. The topological polar surface area (TPSA) is 32.3 Å². The Balaban J connectivity index is 2.06. The van der Waals surface area contributed by atoms with Gasteiger partial charge in [-0.15, -0.1) is 0 Å². The summed E-state index contributed by atoms with van der Waals surface area (Å²) in [6.07, 6.45) is 0. The Labute approximate surface area is 110 Å². The minimum atomic E-state index is -0.409. The molecule has 2 nitrogen and oxygen atoms in total. The second kappa shape index (κ2) is 5.80. The van der Waals surface area contributed by atoms with Crippen LogP contribution in [0, 0.1) is 11.6 Å². The number of benzene rings is 2. The lowest BCUT2D eigenvalue weighted by atomic mass is 10.1. The van der Waals surface area contributed by atoms with Gasteiger partial charge in [0.25, 0.3) is 0 Å². The molecule has 100 valence electrons. The van der Waals surface area contributed by atoms with Crippen molar-refractivity contribution in [3.05, 3.63) is 65.2 Å². The first-order valence-electron chi connectivity index (χ1n) is 6.03. The van der Waals surface area contributed by atoms with Crippen molar-refractivity contribution in [2.24, 2.45) is 0 Å². The van der Waals surface area contributed by atoms with Crippen molar-refractivity contribution >= 4 is 0 Å². The molecule has 0 aliphatic rings. The van der Waals surface area contributed by atoms with Crippen molar-refractivity contribution in [2.75, 3.05) is 0 Å². The number of hydrogen-bond donors (Lipinski definition) is 2. The number of phenols is 1. The first-order chi connectivity index (χ1) is 9.08. The highest BCUT2D eigenvalue weighted by Gasteiger charge is 2.10. The number of phenolic OH excluding ortho intramolecular Hbond substituents is 1. The molecular weight excluding hydrogens is 248 g/mol. The van der Waals surface area contributed by atoms with E-state index in [1.807, 2.05) is 6.92 Å². The summed E-state index contributed by atoms with van der Waals surface area (Å²) in [5.41, 5.74) is 0.988. The summed E-state index contributed by atoms with van der Waals surface area (Å²) in [5, 5.41) is 12.6. The molecule has 19 heavy (non-hydrogen) atoms. The molecule has 2 aromatic carbocycles. The van der Waals surface area contributed by atoms with Crippen molar-refractivity contribution in [1.29, 1.82) is 0 Å². The van der Waals surface area contributed by atoms with Crippen molar-refractivity contribution in [3.8, 4) is 5.75 Å². The Morgan fingerprint density at radius 1 is 1.16 bits per heavy atom. The zero-order valence-electron chi connectivity index (χ0n) is 10.5. The van der Waals surface area contributed by atoms with Crippen LogP contribution >= 0.6 is 0 Å². The van der Waals surface area contributed by atoms with E-state index in [1.54, 1.807) is 18.2 Å². The highest BCUT2D eigenvalue weighted by molar-refractivity contribution is 5.32. The Morgan fingerprint density at radius 3 is 2.63 bits per heavy atom. The third-order valence-electron chi connectivity index (χ3n) is 3.01. The van der Waals surface area contributed by atoms with Gasteiger partial charge in [0.2, 0.25) is 0 Å². The molecule has 2 rings (SSSR count). The van der Waals surface area contributed by atoms with Gasteiger partial charge in [0, 0.05) is 23.7 Å². The number of rotatable bonds is 4. The van der Waals surface area contributed by atoms with Crippen LogP contribution in [-0.2, 0) is 6.54 Å². The summed E-state index contributed by atoms with van der Waals surface area (Å²) >= 11 is 0. The molecule has 0 aromatic heterocycles. The fraction of sp³-hybridized carbons (Fsp3) is 0.200. The van der Waals surface area contributed by atoms with Gasteiger partial charge in [-0.05, 0) is 31.2 Å². The molecule has 4 heteroatoms. The van der Waals surface area contributed by atoms with Crippen LogP contribution < -0.4 is 5.32 Å². The zero-order chi connectivity index (χ0) is 13.8. The standard InChI is InChI=1S/C15H15F2NO/c1-10(13-4-2-3-5-14(13)17)18-9-11-8-12(16)6-7-15(11)19/h2-8,10,18-19H,9H2,1H3/t10-/m1/s1. The second-order valence-corrected chi connectivity index (χ2v) is 4.40. The second-order valence-electron chi connectivity index (χ2n) is 4.40. The molecular formula is C15H15F2NO. The maximum Gasteiger partial charge on any atom is 0.127 e. The molecule has 0 heterocycles. The molecule has 0 saturated carbocycles. The summed E-state index contributed by atoms with van der Waals surface area (Å²) < 4.78 is 26.6. The Kier molecular flexibility index (Phi) is 4.12. The summed E-state index contributed by atoms with van der Waals surface area (Å²) in [5.74, 6) is -0.672. The number of hydrogen-bond acceptors (Lipinski definition) is 2. The van der Waals surface area contributed by atoms with Crippen LogP contribution in [-0.4, -0.2) is 5.11 Å². The Hall–Kier alpha value is -1.94. The first-order valence-corrected chi connectivity index (χ1v) is 6.03. The monoisotopic (exact) mass is 263 g/mol. The van der Waals surface area contributed by atoms with Gasteiger partial charge < -0.3 is 10.4 Å². The van der Waals surface area contributed by atoms with Gasteiger partial charge in [0.1, 0.15) is 17.4 Å². The van der Waals surface area contributed by atoms with E-state index in [0.717, 1.165) is 0 Å². The molecule has 2 N–H and O–H groups in total. The molecule has 0 bridgehead atoms. The molecule has 1 atom stereocenters. The molecule has 0 fully saturated rings. The van der Waals surface area contributed by atoms with Gasteiger partial charge in [0.05, 0.1) is 0 Å². The van der Waals surface area contributed by atoms with Crippen molar-refractivity contribution in [3.63, 3.8) is 0 Å². The van der Waals surface area contributed by atoms with Crippen LogP contribution in [0.5, 0.6) is 5.75 Å². The molecule has 0 amide bonds. The third-order valence-corrected chi connectivity index (χ3v) is 3.01.